The minimum absolute atomic E-state index is 0.107. The average Bonchev–Trinajstić information content (AvgIpc) is 2.32. The molecule has 1 aromatic rings. The number of anilines is 1. The molecule has 1 fully saturated rings. The number of rotatable bonds is 3. The van der Waals surface area contributed by atoms with Crippen LogP contribution in [0, 0.1) is 0 Å². The highest BCUT2D eigenvalue weighted by Gasteiger charge is 2.19. The van der Waals surface area contributed by atoms with Crippen molar-refractivity contribution in [2.24, 2.45) is 0 Å². The van der Waals surface area contributed by atoms with Crippen molar-refractivity contribution in [2.45, 2.75) is 57.6 Å². The van der Waals surface area contributed by atoms with E-state index in [1.165, 1.54) is 0 Å². The van der Waals surface area contributed by atoms with E-state index in [1.807, 2.05) is 6.07 Å². The SMILES string of the molecule is CC(C)c1cc(NC2CCC(O)CC2)ncn1. The van der Waals surface area contributed by atoms with Gasteiger partial charge in [-0.3, -0.25) is 0 Å². The molecule has 17 heavy (non-hydrogen) atoms. The monoisotopic (exact) mass is 235 g/mol. The van der Waals surface area contributed by atoms with Crippen LogP contribution in [0.25, 0.3) is 0 Å². The van der Waals surface area contributed by atoms with Crippen LogP contribution in [0.15, 0.2) is 12.4 Å². The van der Waals surface area contributed by atoms with Gasteiger partial charge < -0.3 is 10.4 Å². The fourth-order valence-corrected chi connectivity index (χ4v) is 2.20. The molecule has 2 rings (SSSR count). The lowest BCUT2D eigenvalue weighted by molar-refractivity contribution is 0.126. The van der Waals surface area contributed by atoms with Gasteiger partial charge in [-0.2, -0.15) is 0 Å². The smallest absolute Gasteiger partial charge is 0.129 e. The Bertz CT molecular complexity index is 359. The fraction of sp³-hybridized carbons (Fsp3) is 0.692. The molecular formula is C13H21N3O. The third kappa shape index (κ3) is 3.40. The maximum atomic E-state index is 9.46. The number of nitrogens with zero attached hydrogens (tertiary/aromatic N) is 2. The van der Waals surface area contributed by atoms with Crippen molar-refractivity contribution in [2.75, 3.05) is 5.32 Å². The van der Waals surface area contributed by atoms with Crippen LogP contribution in [-0.2, 0) is 0 Å². The number of aliphatic hydroxyl groups is 1. The highest BCUT2D eigenvalue weighted by molar-refractivity contribution is 5.36. The number of aliphatic hydroxyl groups excluding tert-OH is 1. The van der Waals surface area contributed by atoms with Crippen LogP contribution in [0.4, 0.5) is 5.82 Å². The zero-order chi connectivity index (χ0) is 12.3. The summed E-state index contributed by atoms with van der Waals surface area (Å²) in [5, 5.41) is 12.9. The van der Waals surface area contributed by atoms with Gasteiger partial charge in [0.05, 0.1) is 6.10 Å². The summed E-state index contributed by atoms with van der Waals surface area (Å²) in [5.41, 5.74) is 1.07. The molecule has 4 nitrogen and oxygen atoms in total. The van der Waals surface area contributed by atoms with Crippen LogP contribution >= 0.6 is 0 Å². The van der Waals surface area contributed by atoms with Crippen LogP contribution in [0.3, 0.4) is 0 Å². The highest BCUT2D eigenvalue weighted by atomic mass is 16.3. The molecule has 2 N–H and O–H groups in total. The molecule has 0 bridgehead atoms. The number of hydrogen-bond donors (Lipinski definition) is 2. The van der Waals surface area contributed by atoms with E-state index in [4.69, 9.17) is 0 Å². The summed E-state index contributed by atoms with van der Waals surface area (Å²) < 4.78 is 0. The normalized spacial score (nSPS) is 24.9. The number of nitrogens with one attached hydrogen (secondary N) is 1. The zero-order valence-electron chi connectivity index (χ0n) is 10.6. The lowest BCUT2D eigenvalue weighted by Gasteiger charge is -2.26. The molecule has 1 aromatic heterocycles. The maximum Gasteiger partial charge on any atom is 0.129 e. The molecular weight excluding hydrogens is 214 g/mol. The summed E-state index contributed by atoms with van der Waals surface area (Å²) >= 11 is 0. The van der Waals surface area contributed by atoms with Gasteiger partial charge in [0.1, 0.15) is 12.1 Å². The predicted octanol–water partition coefficient (Wildman–Crippen LogP) is 2.32. The Kier molecular flexibility index (Phi) is 3.94. The molecule has 1 heterocycles. The van der Waals surface area contributed by atoms with Gasteiger partial charge in [0, 0.05) is 17.8 Å². The standard InChI is InChI=1S/C13H21N3O/c1-9(2)12-7-13(15-8-14-12)16-10-3-5-11(17)6-4-10/h7-11,17H,3-6H2,1-2H3,(H,14,15,16). The molecule has 0 radical (unpaired) electrons. The molecule has 0 amide bonds. The van der Waals surface area contributed by atoms with Crippen LogP contribution in [-0.4, -0.2) is 27.2 Å². The predicted molar refractivity (Wildman–Crippen MR) is 68.0 cm³/mol. The van der Waals surface area contributed by atoms with E-state index in [1.54, 1.807) is 6.33 Å². The second-order valence-corrected chi connectivity index (χ2v) is 5.13. The van der Waals surface area contributed by atoms with E-state index in [0.29, 0.717) is 12.0 Å². The van der Waals surface area contributed by atoms with Crippen LogP contribution in [0.1, 0.15) is 51.1 Å². The Labute approximate surface area is 102 Å². The van der Waals surface area contributed by atoms with E-state index in [9.17, 15) is 5.11 Å². The van der Waals surface area contributed by atoms with Gasteiger partial charge in [-0.1, -0.05) is 13.8 Å². The Hall–Kier alpha value is -1.16. The maximum absolute atomic E-state index is 9.46. The summed E-state index contributed by atoms with van der Waals surface area (Å²) in [7, 11) is 0. The van der Waals surface area contributed by atoms with Crippen molar-refractivity contribution in [3.05, 3.63) is 18.1 Å². The van der Waals surface area contributed by atoms with Gasteiger partial charge in [-0.05, 0) is 31.6 Å². The molecule has 0 aromatic carbocycles. The molecule has 0 saturated heterocycles. The molecule has 0 atom stereocenters. The minimum Gasteiger partial charge on any atom is -0.393 e. The Balaban J connectivity index is 1.96. The Morgan fingerprint density at radius 1 is 1.24 bits per heavy atom. The van der Waals surface area contributed by atoms with Gasteiger partial charge >= 0.3 is 0 Å². The quantitative estimate of drug-likeness (QED) is 0.844. The number of aromatic nitrogens is 2. The molecule has 94 valence electrons. The van der Waals surface area contributed by atoms with Crippen molar-refractivity contribution in [3.63, 3.8) is 0 Å². The van der Waals surface area contributed by atoms with E-state index in [0.717, 1.165) is 37.2 Å². The van der Waals surface area contributed by atoms with Gasteiger partial charge in [-0.25, -0.2) is 9.97 Å². The summed E-state index contributed by atoms with van der Waals surface area (Å²) in [6.45, 7) is 4.26. The van der Waals surface area contributed by atoms with Crippen LogP contribution in [0.2, 0.25) is 0 Å². The first-order chi connectivity index (χ1) is 8.15. The first kappa shape index (κ1) is 12.3. The zero-order valence-corrected chi connectivity index (χ0v) is 10.6. The largest absolute Gasteiger partial charge is 0.393 e. The molecule has 1 aliphatic carbocycles. The molecule has 0 unspecified atom stereocenters. The molecule has 0 spiro atoms. The van der Waals surface area contributed by atoms with Gasteiger partial charge in [0.2, 0.25) is 0 Å². The highest BCUT2D eigenvalue weighted by Crippen LogP contribution is 2.22. The molecule has 1 aliphatic rings. The fourth-order valence-electron chi connectivity index (χ4n) is 2.20. The minimum atomic E-state index is -0.107. The summed E-state index contributed by atoms with van der Waals surface area (Å²) in [6.07, 6.45) is 5.32. The summed E-state index contributed by atoms with van der Waals surface area (Å²) in [4.78, 5) is 8.50. The van der Waals surface area contributed by atoms with Crippen molar-refractivity contribution < 1.29 is 5.11 Å². The van der Waals surface area contributed by atoms with Gasteiger partial charge in [-0.15, -0.1) is 0 Å². The van der Waals surface area contributed by atoms with Crippen LogP contribution < -0.4 is 5.32 Å². The molecule has 1 saturated carbocycles. The third-order valence-corrected chi connectivity index (χ3v) is 3.33. The van der Waals surface area contributed by atoms with Crippen molar-refractivity contribution in [1.29, 1.82) is 0 Å². The van der Waals surface area contributed by atoms with Crippen LogP contribution in [0.5, 0.6) is 0 Å². The lowest BCUT2D eigenvalue weighted by atomic mass is 9.93. The second-order valence-electron chi connectivity index (χ2n) is 5.13. The van der Waals surface area contributed by atoms with E-state index < -0.39 is 0 Å². The third-order valence-electron chi connectivity index (χ3n) is 3.33. The first-order valence-electron chi connectivity index (χ1n) is 6.41. The Morgan fingerprint density at radius 2 is 1.94 bits per heavy atom. The van der Waals surface area contributed by atoms with E-state index >= 15 is 0 Å². The van der Waals surface area contributed by atoms with Gasteiger partial charge in [0.15, 0.2) is 0 Å². The van der Waals surface area contributed by atoms with E-state index in [2.05, 4.69) is 29.1 Å². The second kappa shape index (κ2) is 5.45. The average molecular weight is 235 g/mol. The van der Waals surface area contributed by atoms with E-state index in [-0.39, 0.29) is 6.10 Å². The lowest BCUT2D eigenvalue weighted by Crippen LogP contribution is -2.28. The number of hydrogen-bond acceptors (Lipinski definition) is 4. The van der Waals surface area contributed by atoms with Crippen molar-refractivity contribution >= 4 is 5.82 Å². The van der Waals surface area contributed by atoms with Crippen molar-refractivity contribution in [1.82, 2.24) is 9.97 Å². The molecule has 4 heteroatoms. The first-order valence-corrected chi connectivity index (χ1v) is 6.41. The van der Waals surface area contributed by atoms with Gasteiger partial charge in [0.25, 0.3) is 0 Å². The summed E-state index contributed by atoms with van der Waals surface area (Å²) in [6, 6.07) is 2.46. The molecule has 0 aliphatic heterocycles. The Morgan fingerprint density at radius 3 is 2.59 bits per heavy atom. The summed E-state index contributed by atoms with van der Waals surface area (Å²) in [5.74, 6) is 1.33. The topological polar surface area (TPSA) is 58.0 Å². The van der Waals surface area contributed by atoms with Crippen molar-refractivity contribution in [3.8, 4) is 0 Å².